The average molecular weight is 567 g/mol. The van der Waals surface area contributed by atoms with Gasteiger partial charge in [-0.15, -0.1) is 0 Å². The zero-order chi connectivity index (χ0) is 29.3. The first-order chi connectivity index (χ1) is 19.1. The van der Waals surface area contributed by atoms with Gasteiger partial charge in [0.15, 0.2) is 16.6 Å². The van der Waals surface area contributed by atoms with Gasteiger partial charge in [0.2, 0.25) is 5.75 Å². The van der Waals surface area contributed by atoms with E-state index in [9.17, 15) is 19.5 Å². The van der Waals surface area contributed by atoms with E-state index in [4.69, 9.17) is 18.9 Å². The van der Waals surface area contributed by atoms with E-state index >= 15 is 0 Å². The third kappa shape index (κ3) is 4.88. The van der Waals surface area contributed by atoms with Crippen LogP contribution >= 0.6 is 11.3 Å². The van der Waals surface area contributed by atoms with Crippen molar-refractivity contribution in [2.75, 3.05) is 32.8 Å². The van der Waals surface area contributed by atoms with Crippen molar-refractivity contribution in [3.8, 4) is 17.2 Å². The van der Waals surface area contributed by atoms with Crippen molar-refractivity contribution in [1.82, 2.24) is 4.98 Å². The van der Waals surface area contributed by atoms with Crippen LogP contribution in [0.2, 0.25) is 0 Å². The third-order valence-corrected chi connectivity index (χ3v) is 7.68. The Labute approximate surface area is 235 Å². The highest BCUT2D eigenvalue weighted by atomic mass is 32.1. The predicted octanol–water partition coefficient (Wildman–Crippen LogP) is 4.90. The minimum absolute atomic E-state index is 0.0985. The first-order valence-corrected chi connectivity index (χ1v) is 13.2. The number of aliphatic hydroxyl groups excluding tert-OH is 1. The monoisotopic (exact) mass is 566 g/mol. The van der Waals surface area contributed by atoms with Crippen molar-refractivity contribution in [1.29, 1.82) is 0 Å². The summed E-state index contributed by atoms with van der Waals surface area (Å²) in [6.45, 7) is 7.13. The highest BCUT2D eigenvalue weighted by molar-refractivity contribution is 7.17. The second-order valence-corrected chi connectivity index (χ2v) is 10.1. The molecule has 1 atom stereocenters. The number of Topliss-reactive ketones (excluding diaryl/α,β-unsaturated/α-hetero) is 1. The number of benzene rings is 2. The van der Waals surface area contributed by atoms with Gasteiger partial charge in [0.05, 0.1) is 45.2 Å². The molecule has 2 aromatic carbocycles. The van der Waals surface area contributed by atoms with Gasteiger partial charge in [-0.1, -0.05) is 29.0 Å². The molecule has 3 aromatic rings. The second-order valence-electron chi connectivity index (χ2n) is 9.08. The molecule has 0 bridgehead atoms. The molecular weight excluding hydrogens is 536 g/mol. The zero-order valence-corrected chi connectivity index (χ0v) is 24.1. The van der Waals surface area contributed by atoms with Crippen molar-refractivity contribution in [3.05, 3.63) is 68.7 Å². The van der Waals surface area contributed by atoms with E-state index in [1.165, 1.54) is 26.2 Å². The number of ketones is 1. The van der Waals surface area contributed by atoms with E-state index in [1.54, 1.807) is 39.0 Å². The molecule has 10 nitrogen and oxygen atoms in total. The number of methoxy groups -OCH3 is 3. The molecule has 1 amide bonds. The van der Waals surface area contributed by atoms with Crippen molar-refractivity contribution < 1.29 is 38.4 Å². The van der Waals surface area contributed by atoms with Crippen molar-refractivity contribution in [3.63, 3.8) is 0 Å². The summed E-state index contributed by atoms with van der Waals surface area (Å²) in [4.78, 5) is 45.6. The van der Waals surface area contributed by atoms with E-state index in [0.29, 0.717) is 28.1 Å². The molecule has 1 N–H and O–H groups in total. The number of aromatic nitrogens is 1. The summed E-state index contributed by atoms with van der Waals surface area (Å²) in [6.07, 6.45) is 0. The van der Waals surface area contributed by atoms with E-state index in [0.717, 1.165) is 16.9 Å². The van der Waals surface area contributed by atoms with Gasteiger partial charge < -0.3 is 24.1 Å². The van der Waals surface area contributed by atoms with Gasteiger partial charge in [-0.2, -0.15) is 0 Å². The first-order valence-electron chi connectivity index (χ1n) is 12.4. The van der Waals surface area contributed by atoms with Crippen LogP contribution in [0.5, 0.6) is 17.2 Å². The largest absolute Gasteiger partial charge is 0.507 e. The Kier molecular flexibility index (Phi) is 8.15. The Hall–Kier alpha value is -4.38. The molecule has 0 radical (unpaired) electrons. The van der Waals surface area contributed by atoms with E-state index in [2.05, 4.69) is 4.98 Å². The topological polar surface area (TPSA) is 124 Å². The Morgan fingerprint density at radius 2 is 1.68 bits per heavy atom. The van der Waals surface area contributed by atoms with Crippen molar-refractivity contribution in [2.24, 2.45) is 0 Å². The fraction of sp³-hybridized carbons (Fsp3) is 0.310. The molecule has 4 rings (SSSR count). The van der Waals surface area contributed by atoms with Gasteiger partial charge in [-0.05, 0) is 57.0 Å². The Balaban J connectivity index is 2.03. The second kappa shape index (κ2) is 11.4. The lowest BCUT2D eigenvalue weighted by Gasteiger charge is -2.25. The maximum atomic E-state index is 13.6. The normalized spacial score (nSPS) is 16.3. The molecule has 1 unspecified atom stereocenters. The fourth-order valence-electron chi connectivity index (χ4n) is 4.61. The van der Waals surface area contributed by atoms with Crippen LogP contribution in [-0.2, 0) is 14.3 Å². The summed E-state index contributed by atoms with van der Waals surface area (Å²) >= 11 is 0.928. The summed E-state index contributed by atoms with van der Waals surface area (Å²) < 4.78 is 21.6. The Bertz CT molecular complexity index is 1520. The minimum atomic E-state index is -1.13. The standard InChI is InChI=1S/C29H30N2O8S/c1-8-39-28(35)26-16(4)30-29(40-26)31-22(17-12-19(36-5)25(38-7)20(13-17)37-6)21(24(33)27(31)34)23(32)18-11-14(2)9-10-15(18)3/h9-13,22,32H,8H2,1-7H3/b23-21+. The lowest BCUT2D eigenvalue weighted by atomic mass is 9.93. The van der Waals surface area contributed by atoms with E-state index in [-0.39, 0.29) is 39.4 Å². The first kappa shape index (κ1) is 28.6. The van der Waals surface area contributed by atoms with Crippen LogP contribution in [-0.4, -0.2) is 55.7 Å². The number of esters is 1. The number of aliphatic hydroxyl groups is 1. The Morgan fingerprint density at radius 1 is 1.02 bits per heavy atom. The number of amides is 1. The van der Waals surface area contributed by atoms with Crippen LogP contribution in [0.3, 0.4) is 0 Å². The molecule has 0 spiro atoms. The number of ether oxygens (including phenoxy) is 4. The molecule has 40 heavy (non-hydrogen) atoms. The molecule has 210 valence electrons. The zero-order valence-electron chi connectivity index (χ0n) is 23.3. The summed E-state index contributed by atoms with van der Waals surface area (Å²) in [5.74, 6) is -1.83. The summed E-state index contributed by atoms with van der Waals surface area (Å²) in [6, 6.07) is 7.54. The summed E-state index contributed by atoms with van der Waals surface area (Å²) in [5.41, 5.74) is 2.59. The van der Waals surface area contributed by atoms with Crippen LogP contribution < -0.4 is 19.1 Å². The van der Waals surface area contributed by atoms with Crippen LogP contribution in [0.1, 0.15) is 50.6 Å². The third-order valence-electron chi connectivity index (χ3n) is 6.55. The van der Waals surface area contributed by atoms with Gasteiger partial charge >= 0.3 is 11.9 Å². The van der Waals surface area contributed by atoms with Gasteiger partial charge in [0.1, 0.15) is 10.6 Å². The summed E-state index contributed by atoms with van der Waals surface area (Å²) in [7, 11) is 4.36. The van der Waals surface area contributed by atoms with E-state index in [1.807, 2.05) is 19.1 Å². The highest BCUT2D eigenvalue weighted by Gasteiger charge is 2.49. The van der Waals surface area contributed by atoms with Gasteiger partial charge in [-0.25, -0.2) is 9.78 Å². The molecule has 11 heteroatoms. The maximum absolute atomic E-state index is 13.6. The quantitative estimate of drug-likeness (QED) is 0.175. The molecule has 1 aliphatic rings. The number of aryl methyl sites for hydroxylation is 3. The average Bonchev–Trinajstić information content (AvgIpc) is 3.45. The Morgan fingerprint density at radius 3 is 2.25 bits per heavy atom. The molecule has 1 saturated heterocycles. The number of nitrogens with zero attached hydrogens (tertiary/aromatic N) is 2. The van der Waals surface area contributed by atoms with Gasteiger partial charge in [0.25, 0.3) is 5.78 Å². The number of carbonyl (C=O) groups is 3. The minimum Gasteiger partial charge on any atom is -0.507 e. The number of hydrogen-bond donors (Lipinski definition) is 1. The predicted molar refractivity (Wildman–Crippen MR) is 150 cm³/mol. The maximum Gasteiger partial charge on any atom is 0.350 e. The fourth-order valence-corrected chi connectivity index (χ4v) is 5.60. The molecule has 1 aromatic heterocycles. The SMILES string of the molecule is CCOC(=O)c1sc(N2C(=O)C(=O)/C(=C(/O)c3cc(C)ccc3C)C2c2cc(OC)c(OC)c(OC)c2)nc1C. The molecule has 0 aliphatic carbocycles. The van der Waals surface area contributed by atoms with Crippen LogP contribution in [0, 0.1) is 20.8 Å². The molecule has 1 aliphatic heterocycles. The highest BCUT2D eigenvalue weighted by Crippen LogP contribution is 2.48. The van der Waals surface area contributed by atoms with Gasteiger partial charge in [0, 0.05) is 5.56 Å². The van der Waals surface area contributed by atoms with Crippen LogP contribution in [0.15, 0.2) is 35.9 Å². The molecular formula is C29H30N2O8S. The number of carbonyl (C=O) groups excluding carboxylic acids is 3. The van der Waals surface area contributed by atoms with Crippen LogP contribution in [0.4, 0.5) is 5.13 Å². The van der Waals surface area contributed by atoms with Crippen molar-refractivity contribution >= 4 is 39.9 Å². The summed E-state index contributed by atoms with van der Waals surface area (Å²) in [5, 5.41) is 11.7. The number of anilines is 1. The lowest BCUT2D eigenvalue weighted by molar-refractivity contribution is -0.132. The molecule has 0 saturated carbocycles. The number of rotatable bonds is 8. The van der Waals surface area contributed by atoms with E-state index < -0.39 is 23.7 Å². The van der Waals surface area contributed by atoms with Crippen molar-refractivity contribution in [2.45, 2.75) is 33.7 Å². The number of hydrogen-bond acceptors (Lipinski definition) is 10. The van der Waals surface area contributed by atoms with Crippen LogP contribution in [0.25, 0.3) is 5.76 Å². The number of thiazole rings is 1. The molecule has 2 heterocycles. The smallest absolute Gasteiger partial charge is 0.350 e. The molecule has 1 fully saturated rings. The van der Waals surface area contributed by atoms with Gasteiger partial charge in [-0.3, -0.25) is 14.5 Å². The lowest BCUT2D eigenvalue weighted by Crippen LogP contribution is -2.29.